The van der Waals surface area contributed by atoms with Gasteiger partial charge in [0.2, 0.25) is 0 Å². The van der Waals surface area contributed by atoms with Gasteiger partial charge in [0.25, 0.3) is 0 Å². The van der Waals surface area contributed by atoms with E-state index in [-0.39, 0.29) is 5.41 Å². The molecule has 1 aliphatic rings. The van der Waals surface area contributed by atoms with Crippen LogP contribution < -0.4 is 5.32 Å². The zero-order chi connectivity index (χ0) is 15.6. The van der Waals surface area contributed by atoms with Crippen LogP contribution in [0.1, 0.15) is 52.6 Å². The summed E-state index contributed by atoms with van der Waals surface area (Å²) >= 11 is 6.41. The van der Waals surface area contributed by atoms with Crippen LogP contribution in [0.5, 0.6) is 0 Å². The Morgan fingerprint density at radius 1 is 1.33 bits per heavy atom. The van der Waals surface area contributed by atoms with Crippen LogP contribution in [0.4, 0.5) is 0 Å². The Hall–Kier alpha value is -0.570. The highest BCUT2D eigenvalue weighted by atomic mass is 35.5. The lowest BCUT2D eigenvalue weighted by Crippen LogP contribution is -2.60. The standard InChI is InChI=1S/C18H29ClN2/c1-6-14-11-20-17(18(3,4)5)12-21(14)13(2)15-9-7-8-10-16(15)19/h7-10,13-14,17,20H,6,11-12H2,1-5H3. The fraction of sp³-hybridized carbons (Fsp3) is 0.667. The molecule has 3 atom stereocenters. The van der Waals surface area contributed by atoms with Crippen LogP contribution in [-0.4, -0.2) is 30.1 Å². The molecule has 0 saturated carbocycles. The molecule has 1 aromatic carbocycles. The summed E-state index contributed by atoms with van der Waals surface area (Å²) in [5, 5.41) is 4.62. The number of rotatable bonds is 3. The summed E-state index contributed by atoms with van der Waals surface area (Å²) < 4.78 is 0. The molecule has 3 heteroatoms. The summed E-state index contributed by atoms with van der Waals surface area (Å²) in [6, 6.07) is 9.70. The Bertz CT molecular complexity index is 467. The predicted octanol–water partition coefficient (Wildman–Crippen LogP) is 4.50. The molecular formula is C18H29ClN2. The maximum Gasteiger partial charge on any atom is 0.0453 e. The molecule has 1 N–H and O–H groups in total. The van der Waals surface area contributed by atoms with E-state index in [2.05, 4.69) is 57.0 Å². The van der Waals surface area contributed by atoms with Crippen molar-refractivity contribution in [3.8, 4) is 0 Å². The third kappa shape index (κ3) is 3.80. The first-order valence-corrected chi connectivity index (χ1v) is 8.46. The van der Waals surface area contributed by atoms with Crippen LogP contribution in [0.3, 0.4) is 0 Å². The molecular weight excluding hydrogens is 280 g/mol. The van der Waals surface area contributed by atoms with Crippen molar-refractivity contribution in [2.45, 2.75) is 59.2 Å². The molecule has 118 valence electrons. The molecule has 1 saturated heterocycles. The molecule has 21 heavy (non-hydrogen) atoms. The van der Waals surface area contributed by atoms with Gasteiger partial charge in [-0.25, -0.2) is 0 Å². The number of nitrogens with one attached hydrogen (secondary N) is 1. The molecule has 1 aliphatic heterocycles. The second kappa shape index (κ2) is 6.68. The van der Waals surface area contributed by atoms with Crippen molar-refractivity contribution in [2.24, 2.45) is 5.41 Å². The molecule has 3 unspecified atom stereocenters. The van der Waals surface area contributed by atoms with E-state index in [1.165, 1.54) is 12.0 Å². The van der Waals surface area contributed by atoms with Gasteiger partial charge in [0.1, 0.15) is 0 Å². The van der Waals surface area contributed by atoms with Gasteiger partial charge in [0, 0.05) is 36.2 Å². The Balaban J connectivity index is 2.23. The smallest absolute Gasteiger partial charge is 0.0453 e. The second-order valence-corrected chi connectivity index (χ2v) is 7.69. The minimum atomic E-state index is 0.275. The van der Waals surface area contributed by atoms with E-state index in [9.17, 15) is 0 Å². The second-order valence-electron chi connectivity index (χ2n) is 7.28. The van der Waals surface area contributed by atoms with E-state index < -0.39 is 0 Å². The Morgan fingerprint density at radius 3 is 2.57 bits per heavy atom. The molecule has 2 nitrogen and oxygen atoms in total. The van der Waals surface area contributed by atoms with E-state index in [1.807, 2.05) is 12.1 Å². The summed E-state index contributed by atoms with van der Waals surface area (Å²) in [5.41, 5.74) is 1.52. The largest absolute Gasteiger partial charge is 0.311 e. The first kappa shape index (κ1) is 16.8. The number of nitrogens with zero attached hydrogens (tertiary/aromatic N) is 1. The molecule has 1 heterocycles. The number of hydrogen-bond donors (Lipinski definition) is 1. The van der Waals surface area contributed by atoms with E-state index in [0.29, 0.717) is 18.1 Å². The van der Waals surface area contributed by atoms with Gasteiger partial charge in [-0.3, -0.25) is 4.90 Å². The highest BCUT2D eigenvalue weighted by molar-refractivity contribution is 6.31. The summed E-state index contributed by atoms with van der Waals surface area (Å²) in [4.78, 5) is 2.63. The van der Waals surface area contributed by atoms with E-state index >= 15 is 0 Å². The first-order valence-electron chi connectivity index (χ1n) is 8.08. The van der Waals surface area contributed by atoms with Gasteiger partial charge in [0.15, 0.2) is 0 Å². The van der Waals surface area contributed by atoms with Crippen LogP contribution in [0.2, 0.25) is 5.02 Å². The maximum absolute atomic E-state index is 6.41. The molecule has 0 amide bonds. The van der Waals surface area contributed by atoms with Gasteiger partial charge in [-0.15, -0.1) is 0 Å². The van der Waals surface area contributed by atoms with Gasteiger partial charge < -0.3 is 5.32 Å². The van der Waals surface area contributed by atoms with Gasteiger partial charge >= 0.3 is 0 Å². The van der Waals surface area contributed by atoms with Crippen molar-refractivity contribution in [3.05, 3.63) is 34.9 Å². The van der Waals surface area contributed by atoms with Crippen molar-refractivity contribution in [1.29, 1.82) is 0 Å². The highest BCUT2D eigenvalue weighted by Gasteiger charge is 2.36. The fourth-order valence-electron chi connectivity index (χ4n) is 3.25. The van der Waals surface area contributed by atoms with Crippen molar-refractivity contribution in [1.82, 2.24) is 10.2 Å². The van der Waals surface area contributed by atoms with Crippen LogP contribution in [0, 0.1) is 5.41 Å². The summed E-state index contributed by atoms with van der Waals surface area (Å²) in [5.74, 6) is 0. The molecule has 1 aromatic rings. The van der Waals surface area contributed by atoms with Crippen molar-refractivity contribution < 1.29 is 0 Å². The number of hydrogen-bond acceptors (Lipinski definition) is 2. The first-order chi connectivity index (χ1) is 9.84. The van der Waals surface area contributed by atoms with Crippen molar-refractivity contribution >= 4 is 11.6 Å². The van der Waals surface area contributed by atoms with Gasteiger partial charge in [0.05, 0.1) is 0 Å². The molecule has 1 fully saturated rings. The van der Waals surface area contributed by atoms with Gasteiger partial charge in [-0.2, -0.15) is 0 Å². The lowest BCUT2D eigenvalue weighted by Gasteiger charge is -2.47. The number of benzene rings is 1. The van der Waals surface area contributed by atoms with Crippen LogP contribution >= 0.6 is 11.6 Å². The monoisotopic (exact) mass is 308 g/mol. The fourth-order valence-corrected chi connectivity index (χ4v) is 3.54. The summed E-state index contributed by atoms with van der Waals surface area (Å²) in [7, 11) is 0. The Kier molecular flexibility index (Phi) is 5.34. The Morgan fingerprint density at radius 2 is 2.00 bits per heavy atom. The van der Waals surface area contributed by atoms with E-state index in [1.54, 1.807) is 0 Å². The van der Waals surface area contributed by atoms with Crippen LogP contribution in [-0.2, 0) is 0 Å². The van der Waals surface area contributed by atoms with E-state index in [0.717, 1.165) is 18.1 Å². The molecule has 0 bridgehead atoms. The molecule has 0 aliphatic carbocycles. The zero-order valence-corrected chi connectivity index (χ0v) is 14.7. The molecule has 0 spiro atoms. The zero-order valence-electron chi connectivity index (χ0n) is 14.0. The highest BCUT2D eigenvalue weighted by Crippen LogP contribution is 2.33. The van der Waals surface area contributed by atoms with Crippen molar-refractivity contribution in [2.75, 3.05) is 13.1 Å². The Labute approximate surface area is 134 Å². The summed E-state index contributed by atoms with van der Waals surface area (Å²) in [6.07, 6.45) is 1.17. The third-order valence-electron chi connectivity index (χ3n) is 4.83. The molecule has 0 aromatic heterocycles. The van der Waals surface area contributed by atoms with Gasteiger partial charge in [-0.05, 0) is 30.4 Å². The molecule has 0 radical (unpaired) electrons. The SMILES string of the molecule is CCC1CNC(C(C)(C)C)CN1C(C)c1ccccc1Cl. The third-order valence-corrected chi connectivity index (χ3v) is 5.18. The minimum absolute atomic E-state index is 0.275. The average Bonchev–Trinajstić information content (AvgIpc) is 2.45. The average molecular weight is 309 g/mol. The number of halogens is 1. The molecule has 2 rings (SSSR count). The van der Waals surface area contributed by atoms with Crippen LogP contribution in [0.25, 0.3) is 0 Å². The maximum atomic E-state index is 6.41. The lowest BCUT2D eigenvalue weighted by molar-refractivity contribution is 0.0531. The van der Waals surface area contributed by atoms with E-state index in [4.69, 9.17) is 11.6 Å². The number of piperazine rings is 1. The summed E-state index contributed by atoms with van der Waals surface area (Å²) in [6.45, 7) is 13.6. The predicted molar refractivity (Wildman–Crippen MR) is 91.9 cm³/mol. The minimum Gasteiger partial charge on any atom is -0.311 e. The lowest BCUT2D eigenvalue weighted by atomic mass is 9.84. The van der Waals surface area contributed by atoms with Gasteiger partial charge in [-0.1, -0.05) is 57.5 Å². The normalized spacial score (nSPS) is 25.8. The quantitative estimate of drug-likeness (QED) is 0.884. The van der Waals surface area contributed by atoms with Crippen molar-refractivity contribution in [3.63, 3.8) is 0 Å². The van der Waals surface area contributed by atoms with Crippen LogP contribution in [0.15, 0.2) is 24.3 Å². The topological polar surface area (TPSA) is 15.3 Å².